The fourth-order valence-electron chi connectivity index (χ4n) is 1.74. The van der Waals surface area contributed by atoms with Gasteiger partial charge in [-0.25, -0.2) is 0 Å². The number of ether oxygens (including phenoxy) is 1. The smallest absolute Gasteiger partial charge is 0.303 e. The van der Waals surface area contributed by atoms with Gasteiger partial charge in [-0.3, -0.25) is 4.79 Å². The highest BCUT2D eigenvalue weighted by Gasteiger charge is 2.37. The molecule has 1 aliphatic rings. The van der Waals surface area contributed by atoms with Gasteiger partial charge in [0.25, 0.3) is 5.89 Å². The molecule has 1 saturated heterocycles. The van der Waals surface area contributed by atoms with Crippen molar-refractivity contribution in [2.45, 2.75) is 38.2 Å². The summed E-state index contributed by atoms with van der Waals surface area (Å²) in [5.74, 6) is 0.00851. The lowest BCUT2D eigenvalue weighted by Gasteiger charge is -2.16. The quantitative estimate of drug-likeness (QED) is 0.827. The Balaban J connectivity index is 2.04. The van der Waals surface area contributed by atoms with Crippen molar-refractivity contribution in [2.24, 2.45) is 0 Å². The Labute approximate surface area is 92.6 Å². The molecule has 0 radical (unpaired) electrons. The molecule has 0 amide bonds. The lowest BCUT2D eigenvalue weighted by Crippen LogP contribution is -2.20. The minimum atomic E-state index is -0.866. The second-order valence-corrected chi connectivity index (χ2v) is 4.09. The Morgan fingerprint density at radius 1 is 1.62 bits per heavy atom. The van der Waals surface area contributed by atoms with E-state index < -0.39 is 11.6 Å². The molecule has 1 N–H and O–H groups in total. The first-order valence-electron chi connectivity index (χ1n) is 5.29. The zero-order valence-electron chi connectivity index (χ0n) is 9.10. The third kappa shape index (κ3) is 2.21. The van der Waals surface area contributed by atoms with Gasteiger partial charge in [-0.2, -0.15) is 4.98 Å². The van der Waals surface area contributed by atoms with E-state index in [1.165, 1.54) is 0 Å². The van der Waals surface area contributed by atoms with Crippen molar-refractivity contribution >= 4 is 5.97 Å². The molecule has 1 atom stereocenters. The third-order valence-corrected chi connectivity index (χ3v) is 2.70. The van der Waals surface area contributed by atoms with Gasteiger partial charge in [0, 0.05) is 13.0 Å². The molecule has 16 heavy (non-hydrogen) atoms. The van der Waals surface area contributed by atoms with E-state index in [1.54, 1.807) is 0 Å². The van der Waals surface area contributed by atoms with Crippen LogP contribution in [0.2, 0.25) is 0 Å². The number of aromatic nitrogens is 2. The molecule has 0 aromatic carbocycles. The van der Waals surface area contributed by atoms with Crippen LogP contribution in [0.1, 0.15) is 37.9 Å². The molecule has 1 fully saturated rings. The van der Waals surface area contributed by atoms with E-state index in [0.29, 0.717) is 18.3 Å². The first kappa shape index (κ1) is 11.1. The zero-order valence-corrected chi connectivity index (χ0v) is 9.10. The highest BCUT2D eigenvalue weighted by Crippen LogP contribution is 2.34. The molecule has 88 valence electrons. The maximum Gasteiger partial charge on any atom is 0.303 e. The van der Waals surface area contributed by atoms with Crippen LogP contribution in [0.4, 0.5) is 0 Å². The van der Waals surface area contributed by atoms with Crippen molar-refractivity contribution in [3.05, 3.63) is 11.7 Å². The van der Waals surface area contributed by atoms with E-state index >= 15 is 0 Å². The number of aryl methyl sites for hydroxylation is 1. The molecule has 2 rings (SSSR count). The number of aliphatic carboxylic acids is 1. The second-order valence-electron chi connectivity index (χ2n) is 4.09. The number of rotatable bonds is 4. The molecule has 1 unspecified atom stereocenters. The summed E-state index contributed by atoms with van der Waals surface area (Å²) in [5, 5.41) is 12.3. The number of hydrogen-bond donors (Lipinski definition) is 1. The van der Waals surface area contributed by atoms with Crippen LogP contribution in [-0.4, -0.2) is 27.8 Å². The summed E-state index contributed by atoms with van der Waals surface area (Å²) in [6.07, 6.45) is 2.13. The molecule has 0 aliphatic carbocycles. The Bertz CT molecular complexity index is 382. The molecule has 1 aromatic heterocycles. The summed E-state index contributed by atoms with van der Waals surface area (Å²) in [4.78, 5) is 14.6. The fourth-order valence-corrected chi connectivity index (χ4v) is 1.74. The largest absolute Gasteiger partial charge is 0.481 e. The van der Waals surface area contributed by atoms with E-state index in [2.05, 4.69) is 10.1 Å². The van der Waals surface area contributed by atoms with Crippen molar-refractivity contribution in [2.75, 3.05) is 6.61 Å². The molecule has 0 bridgehead atoms. The van der Waals surface area contributed by atoms with Gasteiger partial charge in [0.2, 0.25) is 0 Å². The van der Waals surface area contributed by atoms with Gasteiger partial charge in [0.1, 0.15) is 5.60 Å². The SMILES string of the molecule is CC1(c2nc(CCC(=O)O)no2)CCCO1. The predicted octanol–water partition coefficient (Wildman–Crippen LogP) is 1.11. The summed E-state index contributed by atoms with van der Waals surface area (Å²) in [6.45, 7) is 2.61. The summed E-state index contributed by atoms with van der Waals surface area (Å²) >= 11 is 0. The van der Waals surface area contributed by atoms with Gasteiger partial charge in [-0.05, 0) is 19.8 Å². The molecular weight excluding hydrogens is 212 g/mol. The summed E-state index contributed by atoms with van der Waals surface area (Å²) in [7, 11) is 0. The average Bonchev–Trinajstić information content (AvgIpc) is 2.84. The summed E-state index contributed by atoms with van der Waals surface area (Å²) < 4.78 is 10.7. The van der Waals surface area contributed by atoms with Crippen LogP contribution in [0, 0.1) is 0 Å². The van der Waals surface area contributed by atoms with Gasteiger partial charge in [-0.15, -0.1) is 0 Å². The molecule has 6 nitrogen and oxygen atoms in total. The standard InChI is InChI=1S/C10H14N2O4/c1-10(5-2-6-15-10)9-11-7(12-16-9)3-4-8(13)14/h2-6H2,1H3,(H,13,14). The molecule has 2 heterocycles. The minimum Gasteiger partial charge on any atom is -0.481 e. The molecule has 1 aromatic rings. The Kier molecular flexibility index (Phi) is 2.91. The van der Waals surface area contributed by atoms with Crippen molar-refractivity contribution in [3.8, 4) is 0 Å². The first-order chi connectivity index (χ1) is 7.60. The Morgan fingerprint density at radius 2 is 2.44 bits per heavy atom. The lowest BCUT2D eigenvalue weighted by atomic mass is 10.0. The number of carbonyl (C=O) groups is 1. The molecule has 1 aliphatic heterocycles. The first-order valence-corrected chi connectivity index (χ1v) is 5.29. The van der Waals surface area contributed by atoms with E-state index in [0.717, 1.165) is 12.8 Å². The van der Waals surface area contributed by atoms with E-state index in [-0.39, 0.29) is 12.8 Å². The van der Waals surface area contributed by atoms with Crippen LogP contribution in [0.5, 0.6) is 0 Å². The number of carboxylic acid groups (broad SMARTS) is 1. The zero-order chi connectivity index (χ0) is 11.6. The van der Waals surface area contributed by atoms with Crippen LogP contribution in [-0.2, 0) is 21.6 Å². The minimum absolute atomic E-state index is 0.0105. The predicted molar refractivity (Wildman–Crippen MR) is 52.8 cm³/mol. The van der Waals surface area contributed by atoms with Crippen LogP contribution in [0.25, 0.3) is 0 Å². The average molecular weight is 226 g/mol. The van der Waals surface area contributed by atoms with E-state index in [9.17, 15) is 4.79 Å². The van der Waals surface area contributed by atoms with Crippen LogP contribution >= 0.6 is 0 Å². The lowest BCUT2D eigenvalue weighted by molar-refractivity contribution is -0.137. The maximum atomic E-state index is 10.4. The monoisotopic (exact) mass is 226 g/mol. The highest BCUT2D eigenvalue weighted by molar-refractivity contribution is 5.66. The van der Waals surface area contributed by atoms with Crippen LogP contribution < -0.4 is 0 Å². The van der Waals surface area contributed by atoms with Crippen molar-refractivity contribution in [1.29, 1.82) is 0 Å². The molecular formula is C10H14N2O4. The Morgan fingerprint density at radius 3 is 3.06 bits per heavy atom. The normalized spacial score (nSPS) is 24.8. The van der Waals surface area contributed by atoms with Crippen LogP contribution in [0.3, 0.4) is 0 Å². The maximum absolute atomic E-state index is 10.4. The fraction of sp³-hybridized carbons (Fsp3) is 0.700. The second kappa shape index (κ2) is 4.21. The van der Waals surface area contributed by atoms with Gasteiger partial charge >= 0.3 is 5.97 Å². The number of hydrogen-bond acceptors (Lipinski definition) is 5. The summed E-state index contributed by atoms with van der Waals surface area (Å²) in [5.41, 5.74) is -0.492. The van der Waals surface area contributed by atoms with E-state index in [1.807, 2.05) is 6.92 Å². The number of nitrogens with zero attached hydrogens (tertiary/aromatic N) is 2. The van der Waals surface area contributed by atoms with E-state index in [4.69, 9.17) is 14.4 Å². The summed E-state index contributed by atoms with van der Waals surface area (Å²) in [6, 6.07) is 0. The Hall–Kier alpha value is -1.43. The van der Waals surface area contributed by atoms with Gasteiger partial charge < -0.3 is 14.4 Å². The molecule has 6 heteroatoms. The van der Waals surface area contributed by atoms with Gasteiger partial charge in [0.15, 0.2) is 5.82 Å². The van der Waals surface area contributed by atoms with Crippen molar-refractivity contribution in [3.63, 3.8) is 0 Å². The molecule has 0 saturated carbocycles. The van der Waals surface area contributed by atoms with Crippen molar-refractivity contribution in [1.82, 2.24) is 10.1 Å². The topological polar surface area (TPSA) is 85.5 Å². The van der Waals surface area contributed by atoms with Gasteiger partial charge in [0.05, 0.1) is 6.42 Å². The third-order valence-electron chi connectivity index (χ3n) is 2.70. The van der Waals surface area contributed by atoms with Crippen molar-refractivity contribution < 1.29 is 19.2 Å². The number of carboxylic acids is 1. The van der Waals surface area contributed by atoms with Gasteiger partial charge in [-0.1, -0.05) is 5.16 Å². The molecule has 0 spiro atoms. The van der Waals surface area contributed by atoms with Crippen LogP contribution in [0.15, 0.2) is 4.52 Å². The highest BCUT2D eigenvalue weighted by atomic mass is 16.5.